The monoisotopic (exact) mass is 284 g/mol. The topological polar surface area (TPSA) is 24.1 Å². The van der Waals surface area contributed by atoms with E-state index in [9.17, 15) is 0 Å². The lowest BCUT2D eigenvalue weighted by atomic mass is 10.2. The number of rotatable bonds is 6. The predicted octanol–water partition coefficient (Wildman–Crippen LogP) is 3.01. The van der Waals surface area contributed by atoms with Crippen LogP contribution in [0.2, 0.25) is 0 Å². The highest BCUT2D eigenvalue weighted by molar-refractivity contribution is 7.98. The first-order valence-electron chi connectivity index (χ1n) is 6.80. The molecular formula is C14H24N2S2. The lowest BCUT2D eigenvalue weighted by Gasteiger charge is -2.15. The van der Waals surface area contributed by atoms with Crippen molar-refractivity contribution in [3.05, 3.63) is 21.4 Å². The first kappa shape index (κ1) is 14.4. The van der Waals surface area contributed by atoms with Crippen LogP contribution >= 0.6 is 23.1 Å². The van der Waals surface area contributed by atoms with Crippen molar-refractivity contribution in [2.24, 2.45) is 0 Å². The van der Waals surface area contributed by atoms with E-state index in [1.807, 2.05) is 11.3 Å². The third-order valence-corrected chi connectivity index (χ3v) is 5.38. The van der Waals surface area contributed by atoms with E-state index >= 15 is 0 Å². The van der Waals surface area contributed by atoms with Crippen molar-refractivity contribution in [2.75, 3.05) is 12.3 Å². The lowest BCUT2D eigenvalue weighted by molar-refractivity contribution is 0.475. The van der Waals surface area contributed by atoms with E-state index in [2.05, 4.69) is 49.2 Å². The summed E-state index contributed by atoms with van der Waals surface area (Å²) >= 11 is 4.07. The molecule has 102 valence electrons. The van der Waals surface area contributed by atoms with Crippen LogP contribution in [0.5, 0.6) is 0 Å². The van der Waals surface area contributed by atoms with Crippen LogP contribution in [-0.4, -0.2) is 24.4 Å². The summed E-state index contributed by atoms with van der Waals surface area (Å²) in [5.74, 6) is 2.52. The Morgan fingerprint density at radius 3 is 2.83 bits per heavy atom. The standard InChI is InChI=1S/C14H24N2S2/c1-10(2)15-7-11(3)16-8-13-6-12-9-17-5-4-14(12)18-13/h6,10-11,15-16H,4-5,7-9H2,1-3H3. The molecule has 4 heteroatoms. The van der Waals surface area contributed by atoms with Crippen molar-refractivity contribution in [1.82, 2.24) is 10.6 Å². The first-order valence-corrected chi connectivity index (χ1v) is 8.77. The minimum atomic E-state index is 0.529. The molecule has 0 spiro atoms. The van der Waals surface area contributed by atoms with Gasteiger partial charge in [-0.05, 0) is 30.7 Å². The smallest absolute Gasteiger partial charge is 0.0302 e. The highest BCUT2D eigenvalue weighted by Crippen LogP contribution is 2.31. The molecule has 18 heavy (non-hydrogen) atoms. The molecule has 1 aromatic rings. The van der Waals surface area contributed by atoms with Gasteiger partial charge in [-0.3, -0.25) is 0 Å². The number of aryl methyl sites for hydroxylation is 1. The maximum atomic E-state index is 3.60. The third-order valence-electron chi connectivity index (χ3n) is 3.14. The molecule has 2 N–H and O–H groups in total. The zero-order valence-corrected chi connectivity index (χ0v) is 13.2. The van der Waals surface area contributed by atoms with Crippen LogP contribution in [0.15, 0.2) is 6.07 Å². The summed E-state index contributed by atoms with van der Waals surface area (Å²) in [6.45, 7) is 8.69. The van der Waals surface area contributed by atoms with Crippen LogP contribution in [0.25, 0.3) is 0 Å². The van der Waals surface area contributed by atoms with Crippen molar-refractivity contribution >= 4 is 23.1 Å². The Hall–Kier alpha value is -0.0300. The van der Waals surface area contributed by atoms with Gasteiger partial charge < -0.3 is 10.6 Å². The van der Waals surface area contributed by atoms with Gasteiger partial charge in [0.2, 0.25) is 0 Å². The van der Waals surface area contributed by atoms with Gasteiger partial charge in [0, 0.05) is 40.7 Å². The van der Waals surface area contributed by atoms with Crippen molar-refractivity contribution in [3.8, 4) is 0 Å². The molecule has 0 fully saturated rings. The van der Waals surface area contributed by atoms with Gasteiger partial charge in [0.1, 0.15) is 0 Å². The first-order chi connectivity index (χ1) is 8.65. The highest BCUT2D eigenvalue weighted by Gasteiger charge is 2.13. The second kappa shape index (κ2) is 6.94. The fourth-order valence-electron chi connectivity index (χ4n) is 2.06. The van der Waals surface area contributed by atoms with E-state index in [-0.39, 0.29) is 0 Å². The molecule has 1 aliphatic rings. The Bertz CT molecular complexity index is 350. The normalized spacial score (nSPS) is 16.9. The fourth-order valence-corrected chi connectivity index (χ4v) is 4.39. The molecule has 0 saturated carbocycles. The minimum absolute atomic E-state index is 0.529. The summed E-state index contributed by atoms with van der Waals surface area (Å²) in [5.41, 5.74) is 1.58. The fraction of sp³-hybridized carbons (Fsp3) is 0.714. The molecule has 2 rings (SSSR count). The summed E-state index contributed by atoms with van der Waals surface area (Å²) in [6.07, 6.45) is 1.27. The molecule has 1 aromatic heterocycles. The number of nitrogens with one attached hydrogen (secondary N) is 2. The quantitative estimate of drug-likeness (QED) is 0.840. The molecule has 0 aliphatic carbocycles. The van der Waals surface area contributed by atoms with Gasteiger partial charge in [0.25, 0.3) is 0 Å². The van der Waals surface area contributed by atoms with E-state index in [1.54, 1.807) is 10.4 Å². The van der Waals surface area contributed by atoms with Gasteiger partial charge in [-0.2, -0.15) is 11.8 Å². The van der Waals surface area contributed by atoms with Gasteiger partial charge in [0.15, 0.2) is 0 Å². The third kappa shape index (κ3) is 4.26. The van der Waals surface area contributed by atoms with E-state index in [1.165, 1.54) is 22.8 Å². The number of thioether (sulfide) groups is 1. The van der Waals surface area contributed by atoms with Gasteiger partial charge in [-0.15, -0.1) is 11.3 Å². The summed E-state index contributed by atoms with van der Waals surface area (Å²) in [5, 5.41) is 7.07. The minimum Gasteiger partial charge on any atom is -0.313 e. The largest absolute Gasteiger partial charge is 0.313 e. The Morgan fingerprint density at radius 1 is 1.28 bits per heavy atom. The number of fused-ring (bicyclic) bond motifs is 1. The number of hydrogen-bond donors (Lipinski definition) is 2. The second-order valence-electron chi connectivity index (χ2n) is 5.31. The predicted molar refractivity (Wildman–Crippen MR) is 83.6 cm³/mol. The Morgan fingerprint density at radius 2 is 2.11 bits per heavy atom. The molecule has 0 saturated heterocycles. The van der Waals surface area contributed by atoms with E-state index in [0.717, 1.165) is 13.1 Å². The number of thiophene rings is 1. The molecule has 2 nitrogen and oxygen atoms in total. The molecule has 0 aromatic carbocycles. The van der Waals surface area contributed by atoms with Crippen molar-refractivity contribution in [1.29, 1.82) is 0 Å². The van der Waals surface area contributed by atoms with Gasteiger partial charge >= 0.3 is 0 Å². The molecule has 0 amide bonds. The number of hydrogen-bond acceptors (Lipinski definition) is 4. The molecular weight excluding hydrogens is 260 g/mol. The van der Waals surface area contributed by atoms with Crippen LogP contribution in [-0.2, 0) is 18.7 Å². The SMILES string of the molecule is CC(C)NCC(C)NCc1cc2c(s1)CCSC2. The van der Waals surface area contributed by atoms with Crippen LogP contribution < -0.4 is 10.6 Å². The molecule has 1 atom stereocenters. The molecule has 2 heterocycles. The Kier molecular flexibility index (Phi) is 5.55. The summed E-state index contributed by atoms with van der Waals surface area (Å²) < 4.78 is 0. The van der Waals surface area contributed by atoms with Gasteiger partial charge in [-0.1, -0.05) is 13.8 Å². The molecule has 0 radical (unpaired) electrons. The van der Waals surface area contributed by atoms with Crippen LogP contribution in [0.3, 0.4) is 0 Å². The highest BCUT2D eigenvalue weighted by atomic mass is 32.2. The van der Waals surface area contributed by atoms with E-state index in [0.29, 0.717) is 12.1 Å². The summed E-state index contributed by atoms with van der Waals surface area (Å²) in [4.78, 5) is 3.12. The summed E-state index contributed by atoms with van der Waals surface area (Å²) in [7, 11) is 0. The average molecular weight is 284 g/mol. The lowest BCUT2D eigenvalue weighted by Crippen LogP contribution is -2.38. The van der Waals surface area contributed by atoms with Crippen molar-refractivity contribution in [3.63, 3.8) is 0 Å². The van der Waals surface area contributed by atoms with Crippen molar-refractivity contribution < 1.29 is 0 Å². The molecule has 1 unspecified atom stereocenters. The zero-order valence-electron chi connectivity index (χ0n) is 11.6. The molecule has 0 bridgehead atoms. The van der Waals surface area contributed by atoms with Crippen LogP contribution in [0, 0.1) is 0 Å². The Balaban J connectivity index is 1.77. The van der Waals surface area contributed by atoms with E-state index < -0.39 is 0 Å². The van der Waals surface area contributed by atoms with Crippen LogP contribution in [0.4, 0.5) is 0 Å². The average Bonchev–Trinajstić information content (AvgIpc) is 2.76. The van der Waals surface area contributed by atoms with E-state index in [4.69, 9.17) is 0 Å². The maximum Gasteiger partial charge on any atom is 0.0302 e. The van der Waals surface area contributed by atoms with Crippen molar-refractivity contribution in [2.45, 2.75) is 51.6 Å². The second-order valence-corrected chi connectivity index (χ2v) is 7.64. The zero-order chi connectivity index (χ0) is 13.0. The maximum absolute atomic E-state index is 3.60. The van der Waals surface area contributed by atoms with Crippen LogP contribution in [0.1, 0.15) is 36.1 Å². The summed E-state index contributed by atoms with van der Waals surface area (Å²) in [6, 6.07) is 3.50. The Labute approximate surface area is 119 Å². The molecule has 1 aliphatic heterocycles. The van der Waals surface area contributed by atoms with Gasteiger partial charge in [0.05, 0.1) is 0 Å². The van der Waals surface area contributed by atoms with Gasteiger partial charge in [-0.25, -0.2) is 0 Å².